The molecular formula is C15H21F2N3O2. The van der Waals surface area contributed by atoms with Crippen molar-refractivity contribution >= 4 is 11.9 Å². The monoisotopic (exact) mass is 313 g/mol. The van der Waals surface area contributed by atoms with Crippen molar-refractivity contribution < 1.29 is 18.3 Å². The maximum atomic E-state index is 13.5. The van der Waals surface area contributed by atoms with Gasteiger partial charge in [-0.3, -0.25) is 9.79 Å². The van der Waals surface area contributed by atoms with Crippen LogP contribution in [0.4, 0.5) is 8.78 Å². The van der Waals surface area contributed by atoms with Gasteiger partial charge in [0.05, 0.1) is 7.11 Å². The third-order valence-corrected chi connectivity index (χ3v) is 3.01. The molecule has 22 heavy (non-hydrogen) atoms. The molecule has 2 N–H and O–H groups in total. The van der Waals surface area contributed by atoms with E-state index in [1.807, 2.05) is 0 Å². The highest BCUT2D eigenvalue weighted by molar-refractivity contribution is 5.79. The number of halogens is 2. The van der Waals surface area contributed by atoms with Crippen LogP contribution in [0.15, 0.2) is 23.2 Å². The summed E-state index contributed by atoms with van der Waals surface area (Å²) in [5.74, 6) is -0.697. The molecule has 1 rings (SSSR count). The highest BCUT2D eigenvalue weighted by Gasteiger charge is 2.05. The summed E-state index contributed by atoms with van der Waals surface area (Å²) in [6, 6.07) is 3.31. The van der Waals surface area contributed by atoms with Gasteiger partial charge >= 0.3 is 5.97 Å². The fraction of sp³-hybridized carbons (Fsp3) is 0.467. The van der Waals surface area contributed by atoms with Gasteiger partial charge in [0.25, 0.3) is 0 Å². The van der Waals surface area contributed by atoms with E-state index in [4.69, 9.17) is 0 Å². The first-order chi connectivity index (χ1) is 10.6. The van der Waals surface area contributed by atoms with Crippen LogP contribution in [0.25, 0.3) is 0 Å². The zero-order chi connectivity index (χ0) is 16.4. The highest BCUT2D eigenvalue weighted by Crippen LogP contribution is 2.09. The van der Waals surface area contributed by atoms with E-state index < -0.39 is 11.6 Å². The number of carbonyl (C=O) groups is 1. The van der Waals surface area contributed by atoms with Crippen molar-refractivity contribution in [2.45, 2.75) is 25.8 Å². The molecule has 0 unspecified atom stereocenters. The second-order valence-corrected chi connectivity index (χ2v) is 4.62. The van der Waals surface area contributed by atoms with Gasteiger partial charge in [-0.05, 0) is 31.0 Å². The van der Waals surface area contributed by atoms with Gasteiger partial charge in [0.2, 0.25) is 0 Å². The second-order valence-electron chi connectivity index (χ2n) is 4.62. The molecule has 0 aliphatic carbocycles. The standard InChI is InChI=1S/C15H21F2N3O2/c1-18-15(19-8-4-3-5-14(21)22-2)20-10-11-9-12(16)6-7-13(11)17/h6-7,9H,3-5,8,10H2,1-2H3,(H2,18,19,20). The van der Waals surface area contributed by atoms with Crippen LogP contribution in [0.2, 0.25) is 0 Å². The van der Waals surface area contributed by atoms with E-state index in [-0.39, 0.29) is 18.1 Å². The maximum Gasteiger partial charge on any atom is 0.305 e. The average molecular weight is 313 g/mol. The molecule has 0 radical (unpaired) electrons. The quantitative estimate of drug-likeness (QED) is 0.350. The molecule has 0 aliphatic heterocycles. The van der Waals surface area contributed by atoms with Crippen LogP contribution >= 0.6 is 0 Å². The van der Waals surface area contributed by atoms with Crippen molar-refractivity contribution in [1.29, 1.82) is 0 Å². The van der Waals surface area contributed by atoms with E-state index in [0.29, 0.717) is 25.3 Å². The minimum atomic E-state index is -0.482. The SMILES string of the molecule is CN=C(NCCCCC(=O)OC)NCc1cc(F)ccc1F. The van der Waals surface area contributed by atoms with Crippen LogP contribution in [0.1, 0.15) is 24.8 Å². The summed E-state index contributed by atoms with van der Waals surface area (Å²) in [7, 11) is 2.95. The van der Waals surface area contributed by atoms with Gasteiger partial charge < -0.3 is 15.4 Å². The summed E-state index contributed by atoms with van der Waals surface area (Å²) in [6.45, 7) is 0.744. The van der Waals surface area contributed by atoms with Gasteiger partial charge in [-0.15, -0.1) is 0 Å². The lowest BCUT2D eigenvalue weighted by Gasteiger charge is -2.12. The first kappa shape index (κ1) is 17.9. The minimum Gasteiger partial charge on any atom is -0.469 e. The molecule has 0 saturated heterocycles. The summed E-state index contributed by atoms with van der Waals surface area (Å²) < 4.78 is 31.1. The van der Waals surface area contributed by atoms with Gasteiger partial charge in [0.1, 0.15) is 11.6 Å². The molecular weight excluding hydrogens is 292 g/mol. The lowest BCUT2D eigenvalue weighted by molar-refractivity contribution is -0.140. The predicted octanol–water partition coefficient (Wildman–Crippen LogP) is 1.97. The van der Waals surface area contributed by atoms with E-state index in [0.717, 1.165) is 24.6 Å². The number of methoxy groups -OCH3 is 1. The largest absolute Gasteiger partial charge is 0.469 e. The van der Waals surface area contributed by atoms with E-state index in [1.165, 1.54) is 7.11 Å². The summed E-state index contributed by atoms with van der Waals surface area (Å²) in [5.41, 5.74) is 0.230. The number of benzene rings is 1. The fourth-order valence-electron chi connectivity index (χ4n) is 1.78. The Morgan fingerprint density at radius 3 is 2.73 bits per heavy atom. The zero-order valence-electron chi connectivity index (χ0n) is 12.8. The number of esters is 1. The Bertz CT molecular complexity index is 522. The second kappa shape index (κ2) is 9.70. The minimum absolute atomic E-state index is 0.130. The Balaban J connectivity index is 2.31. The lowest BCUT2D eigenvalue weighted by atomic mass is 10.2. The van der Waals surface area contributed by atoms with Crippen molar-refractivity contribution in [1.82, 2.24) is 10.6 Å². The first-order valence-corrected chi connectivity index (χ1v) is 7.02. The van der Waals surface area contributed by atoms with E-state index in [1.54, 1.807) is 7.05 Å². The molecule has 1 aromatic carbocycles. The number of ether oxygens (including phenoxy) is 1. The predicted molar refractivity (Wildman–Crippen MR) is 80.4 cm³/mol. The highest BCUT2D eigenvalue weighted by atomic mass is 19.1. The number of guanidine groups is 1. The smallest absolute Gasteiger partial charge is 0.305 e. The van der Waals surface area contributed by atoms with Crippen LogP contribution in [-0.4, -0.2) is 32.6 Å². The first-order valence-electron chi connectivity index (χ1n) is 7.02. The molecule has 5 nitrogen and oxygen atoms in total. The topological polar surface area (TPSA) is 62.7 Å². The molecule has 0 heterocycles. The van der Waals surface area contributed by atoms with Crippen LogP contribution in [0.5, 0.6) is 0 Å². The van der Waals surface area contributed by atoms with Crippen molar-refractivity contribution in [3.05, 3.63) is 35.4 Å². The Labute approximate surface area is 128 Å². The molecule has 0 fully saturated rings. The number of nitrogens with zero attached hydrogens (tertiary/aromatic N) is 1. The Hall–Kier alpha value is -2.18. The van der Waals surface area contributed by atoms with Crippen molar-refractivity contribution in [2.24, 2.45) is 4.99 Å². The Morgan fingerprint density at radius 1 is 1.27 bits per heavy atom. The number of hydrogen-bond acceptors (Lipinski definition) is 3. The lowest BCUT2D eigenvalue weighted by Crippen LogP contribution is -2.37. The molecule has 7 heteroatoms. The molecule has 0 bridgehead atoms. The van der Waals surface area contributed by atoms with Gasteiger partial charge in [0, 0.05) is 32.1 Å². The molecule has 0 spiro atoms. The molecule has 122 valence electrons. The number of nitrogens with one attached hydrogen (secondary N) is 2. The Kier molecular flexibility index (Phi) is 7.88. The average Bonchev–Trinajstić information content (AvgIpc) is 2.52. The van der Waals surface area contributed by atoms with Crippen LogP contribution < -0.4 is 10.6 Å². The number of hydrogen-bond donors (Lipinski definition) is 2. The van der Waals surface area contributed by atoms with Gasteiger partial charge in [0.15, 0.2) is 5.96 Å². The molecule has 0 aromatic heterocycles. The molecule has 0 aliphatic rings. The fourth-order valence-corrected chi connectivity index (χ4v) is 1.78. The van der Waals surface area contributed by atoms with Crippen molar-refractivity contribution in [2.75, 3.05) is 20.7 Å². The van der Waals surface area contributed by atoms with E-state index >= 15 is 0 Å². The maximum absolute atomic E-state index is 13.5. The van der Waals surface area contributed by atoms with E-state index in [9.17, 15) is 13.6 Å². The molecule has 1 aromatic rings. The van der Waals surface area contributed by atoms with Gasteiger partial charge in [-0.2, -0.15) is 0 Å². The van der Waals surface area contributed by atoms with Crippen LogP contribution in [0.3, 0.4) is 0 Å². The van der Waals surface area contributed by atoms with E-state index in [2.05, 4.69) is 20.4 Å². The van der Waals surface area contributed by atoms with Crippen molar-refractivity contribution in [3.8, 4) is 0 Å². The van der Waals surface area contributed by atoms with Crippen LogP contribution in [0, 0.1) is 11.6 Å². The number of rotatable bonds is 7. The molecule has 0 saturated carbocycles. The van der Waals surface area contributed by atoms with Gasteiger partial charge in [-0.25, -0.2) is 8.78 Å². The number of carbonyl (C=O) groups excluding carboxylic acids is 1. The number of unbranched alkanes of at least 4 members (excludes halogenated alkanes) is 1. The summed E-state index contributed by atoms with van der Waals surface area (Å²) >= 11 is 0. The molecule has 0 amide bonds. The summed E-state index contributed by atoms with van der Waals surface area (Å²) in [4.78, 5) is 14.9. The van der Waals surface area contributed by atoms with Crippen LogP contribution in [-0.2, 0) is 16.1 Å². The molecule has 0 atom stereocenters. The van der Waals surface area contributed by atoms with Crippen molar-refractivity contribution in [3.63, 3.8) is 0 Å². The van der Waals surface area contributed by atoms with Gasteiger partial charge in [-0.1, -0.05) is 0 Å². The zero-order valence-corrected chi connectivity index (χ0v) is 12.8. The summed E-state index contributed by atoms with van der Waals surface area (Å²) in [6.07, 6.45) is 1.85. The third kappa shape index (κ3) is 6.51. The summed E-state index contributed by atoms with van der Waals surface area (Å²) in [5, 5.41) is 5.94. The third-order valence-electron chi connectivity index (χ3n) is 3.01. The normalized spacial score (nSPS) is 11.2. The number of aliphatic imine (C=N–C) groups is 1. The Morgan fingerprint density at radius 2 is 2.05 bits per heavy atom.